The molecule has 1 aromatic rings. The molecule has 3 rings (SSSR count). The van der Waals surface area contributed by atoms with Gasteiger partial charge in [-0.1, -0.05) is 12.1 Å². The molecule has 0 N–H and O–H groups in total. The minimum absolute atomic E-state index is 0.0148. The van der Waals surface area contributed by atoms with E-state index in [-0.39, 0.29) is 36.3 Å². The molecule has 2 aliphatic rings. The van der Waals surface area contributed by atoms with E-state index in [9.17, 15) is 17.6 Å². The van der Waals surface area contributed by atoms with Gasteiger partial charge < -0.3 is 4.90 Å². The maximum atomic E-state index is 13.0. The molecule has 1 amide bonds. The van der Waals surface area contributed by atoms with E-state index in [1.807, 2.05) is 0 Å². The van der Waals surface area contributed by atoms with Gasteiger partial charge in [0.05, 0.1) is 16.9 Å². The summed E-state index contributed by atoms with van der Waals surface area (Å²) in [5, 5.41) is 0. The first-order chi connectivity index (χ1) is 9.43. The number of carbonyl (C=O) groups excluding carboxylic acids is 1. The number of sulfone groups is 1. The highest BCUT2D eigenvalue weighted by Gasteiger charge is 2.53. The van der Waals surface area contributed by atoms with Crippen LogP contribution in [-0.4, -0.2) is 43.8 Å². The second-order valence-corrected chi connectivity index (χ2v) is 7.84. The molecule has 6 heteroatoms. The van der Waals surface area contributed by atoms with Gasteiger partial charge in [-0.25, -0.2) is 12.8 Å². The maximum absolute atomic E-state index is 13.0. The molecule has 0 atom stereocenters. The van der Waals surface area contributed by atoms with Crippen LogP contribution < -0.4 is 0 Å². The topological polar surface area (TPSA) is 54.5 Å². The Morgan fingerprint density at radius 3 is 2.15 bits per heavy atom. The minimum atomic E-state index is -2.99. The van der Waals surface area contributed by atoms with E-state index in [2.05, 4.69) is 0 Å². The molecule has 1 aromatic carbocycles. The monoisotopic (exact) mass is 297 g/mol. The third kappa shape index (κ3) is 2.32. The van der Waals surface area contributed by atoms with Gasteiger partial charge in [0.1, 0.15) is 5.82 Å². The Labute approximate surface area is 117 Å². The number of nitrogens with zero attached hydrogens (tertiary/aromatic N) is 1. The van der Waals surface area contributed by atoms with Crippen molar-refractivity contribution in [1.82, 2.24) is 4.90 Å². The van der Waals surface area contributed by atoms with Gasteiger partial charge in [-0.2, -0.15) is 0 Å². The van der Waals surface area contributed by atoms with Crippen LogP contribution in [-0.2, 0) is 20.0 Å². The van der Waals surface area contributed by atoms with E-state index in [4.69, 9.17) is 0 Å². The van der Waals surface area contributed by atoms with Crippen LogP contribution >= 0.6 is 0 Å². The van der Waals surface area contributed by atoms with Crippen LogP contribution in [0, 0.1) is 5.82 Å². The summed E-state index contributed by atoms with van der Waals surface area (Å²) in [4.78, 5) is 14.3. The summed E-state index contributed by atoms with van der Waals surface area (Å²) in [6, 6.07) is 6.04. The molecule has 108 valence electrons. The van der Waals surface area contributed by atoms with Crippen LogP contribution in [0.3, 0.4) is 0 Å². The fourth-order valence-corrected chi connectivity index (χ4v) is 3.94. The van der Waals surface area contributed by atoms with Crippen molar-refractivity contribution in [1.29, 1.82) is 0 Å². The van der Waals surface area contributed by atoms with Gasteiger partial charge in [0.2, 0.25) is 5.91 Å². The zero-order valence-corrected chi connectivity index (χ0v) is 11.8. The normalized spacial score (nSPS) is 23.4. The Kier molecular flexibility index (Phi) is 3.08. The van der Waals surface area contributed by atoms with Crippen LogP contribution in [0.4, 0.5) is 4.39 Å². The Hall–Kier alpha value is -1.43. The summed E-state index contributed by atoms with van der Waals surface area (Å²) in [6.07, 6.45) is 1.50. The molecular weight excluding hydrogens is 281 g/mol. The third-order valence-electron chi connectivity index (χ3n) is 4.19. The van der Waals surface area contributed by atoms with Gasteiger partial charge in [-0.15, -0.1) is 0 Å². The Balaban J connectivity index is 1.79. The van der Waals surface area contributed by atoms with Crippen molar-refractivity contribution in [2.45, 2.75) is 18.3 Å². The SMILES string of the molecule is O=C(N1CCS(=O)(=O)CC1)C1(c2ccc(F)cc2)CC1. The average Bonchev–Trinajstić information content (AvgIpc) is 3.20. The van der Waals surface area contributed by atoms with E-state index in [1.54, 1.807) is 17.0 Å². The number of hydrogen-bond acceptors (Lipinski definition) is 3. The van der Waals surface area contributed by atoms with Crippen LogP contribution in [0.1, 0.15) is 18.4 Å². The highest BCUT2D eigenvalue weighted by molar-refractivity contribution is 7.91. The predicted molar refractivity (Wildman–Crippen MR) is 72.5 cm³/mol. The lowest BCUT2D eigenvalue weighted by atomic mass is 9.94. The summed E-state index contributed by atoms with van der Waals surface area (Å²) in [6.45, 7) is 0.536. The van der Waals surface area contributed by atoms with Crippen LogP contribution in [0.5, 0.6) is 0 Å². The number of carbonyl (C=O) groups is 1. The molecule has 1 saturated heterocycles. The number of hydrogen-bond donors (Lipinski definition) is 0. The summed E-state index contributed by atoms with van der Waals surface area (Å²) in [5.41, 5.74) is 0.284. The van der Waals surface area contributed by atoms with Crippen molar-refractivity contribution >= 4 is 15.7 Å². The average molecular weight is 297 g/mol. The van der Waals surface area contributed by atoms with Gasteiger partial charge in [-0.05, 0) is 30.5 Å². The fourth-order valence-electron chi connectivity index (χ4n) is 2.74. The molecule has 4 nitrogen and oxygen atoms in total. The van der Waals surface area contributed by atoms with Crippen molar-refractivity contribution in [3.63, 3.8) is 0 Å². The van der Waals surface area contributed by atoms with Crippen LogP contribution in [0.15, 0.2) is 24.3 Å². The van der Waals surface area contributed by atoms with Gasteiger partial charge in [0, 0.05) is 13.1 Å². The fraction of sp³-hybridized carbons (Fsp3) is 0.500. The highest BCUT2D eigenvalue weighted by Crippen LogP contribution is 2.49. The molecule has 0 unspecified atom stereocenters. The van der Waals surface area contributed by atoms with E-state index < -0.39 is 15.3 Å². The van der Waals surface area contributed by atoms with Crippen molar-refractivity contribution in [3.8, 4) is 0 Å². The van der Waals surface area contributed by atoms with Gasteiger partial charge in [0.25, 0.3) is 0 Å². The van der Waals surface area contributed by atoms with Crippen molar-refractivity contribution in [2.24, 2.45) is 0 Å². The lowest BCUT2D eigenvalue weighted by Gasteiger charge is -2.30. The van der Waals surface area contributed by atoms with E-state index in [0.717, 1.165) is 18.4 Å². The lowest BCUT2D eigenvalue weighted by Crippen LogP contribution is -2.47. The first-order valence-corrected chi connectivity index (χ1v) is 8.51. The predicted octanol–water partition coefficient (Wildman–Crippen LogP) is 1.11. The summed E-state index contributed by atoms with van der Waals surface area (Å²) in [5.74, 6) is -0.253. The van der Waals surface area contributed by atoms with Crippen LogP contribution in [0.2, 0.25) is 0 Å². The molecule has 2 fully saturated rings. The molecule has 0 radical (unpaired) electrons. The molecule has 1 saturated carbocycles. The smallest absolute Gasteiger partial charge is 0.233 e. The van der Waals surface area contributed by atoms with Crippen molar-refractivity contribution in [3.05, 3.63) is 35.6 Å². The van der Waals surface area contributed by atoms with E-state index >= 15 is 0 Å². The van der Waals surface area contributed by atoms with Crippen LogP contribution in [0.25, 0.3) is 0 Å². The Morgan fingerprint density at radius 2 is 1.65 bits per heavy atom. The van der Waals surface area contributed by atoms with Crippen molar-refractivity contribution in [2.75, 3.05) is 24.6 Å². The quantitative estimate of drug-likeness (QED) is 0.822. The number of halogens is 1. The molecule has 1 heterocycles. The number of rotatable bonds is 2. The standard InChI is InChI=1S/C14H16FNO3S/c15-12-3-1-11(2-4-12)14(5-6-14)13(17)16-7-9-20(18,19)10-8-16/h1-4H,5-10H2. The first kappa shape index (κ1) is 13.5. The van der Waals surface area contributed by atoms with E-state index in [0.29, 0.717) is 0 Å². The Morgan fingerprint density at radius 1 is 1.10 bits per heavy atom. The molecule has 1 aliphatic heterocycles. The summed E-state index contributed by atoms with van der Waals surface area (Å²) in [7, 11) is -2.99. The molecule has 1 aliphatic carbocycles. The molecule has 0 spiro atoms. The Bertz CT molecular complexity index is 621. The largest absolute Gasteiger partial charge is 0.340 e. The molecule has 0 bridgehead atoms. The zero-order chi connectivity index (χ0) is 14.4. The molecular formula is C14H16FNO3S. The zero-order valence-electron chi connectivity index (χ0n) is 11.0. The lowest BCUT2D eigenvalue weighted by molar-refractivity contribution is -0.133. The van der Waals surface area contributed by atoms with Gasteiger partial charge in [0.15, 0.2) is 9.84 Å². The summed E-state index contributed by atoms with van der Waals surface area (Å²) >= 11 is 0. The number of amides is 1. The molecule has 20 heavy (non-hydrogen) atoms. The first-order valence-electron chi connectivity index (χ1n) is 6.69. The highest BCUT2D eigenvalue weighted by atomic mass is 32.2. The van der Waals surface area contributed by atoms with Crippen molar-refractivity contribution < 1.29 is 17.6 Å². The third-order valence-corrected chi connectivity index (χ3v) is 5.80. The van der Waals surface area contributed by atoms with Gasteiger partial charge >= 0.3 is 0 Å². The van der Waals surface area contributed by atoms with Gasteiger partial charge in [-0.3, -0.25) is 4.79 Å². The second kappa shape index (κ2) is 4.55. The maximum Gasteiger partial charge on any atom is 0.233 e. The number of benzene rings is 1. The summed E-state index contributed by atoms with van der Waals surface area (Å²) < 4.78 is 35.8. The molecule has 0 aromatic heterocycles. The minimum Gasteiger partial charge on any atom is -0.340 e. The van der Waals surface area contributed by atoms with E-state index in [1.165, 1.54) is 12.1 Å². The second-order valence-electron chi connectivity index (χ2n) is 5.53.